The maximum absolute atomic E-state index is 6.01. The Morgan fingerprint density at radius 3 is 2.94 bits per heavy atom. The average molecular weight is 259 g/mol. The summed E-state index contributed by atoms with van der Waals surface area (Å²) in [5.74, 6) is 1.08. The third-order valence-corrected chi connectivity index (χ3v) is 3.60. The molecule has 0 fully saturated rings. The lowest BCUT2D eigenvalue weighted by Gasteiger charge is -2.07. The minimum Gasteiger partial charge on any atom is -0.315 e. The van der Waals surface area contributed by atoms with Gasteiger partial charge in [-0.3, -0.25) is 0 Å². The molecule has 1 aromatic rings. The molecule has 0 saturated heterocycles. The van der Waals surface area contributed by atoms with Crippen LogP contribution in [0.4, 0.5) is 0 Å². The molecule has 2 nitrogen and oxygen atoms in total. The quantitative estimate of drug-likeness (QED) is 0.598. The molecule has 0 aliphatic heterocycles. The van der Waals surface area contributed by atoms with Crippen LogP contribution >= 0.6 is 23.4 Å². The molecule has 1 heterocycles. The molecule has 1 aromatic heterocycles. The predicted molar refractivity (Wildman–Crippen MR) is 72.3 cm³/mol. The van der Waals surface area contributed by atoms with Crippen molar-refractivity contribution in [2.45, 2.75) is 37.8 Å². The second kappa shape index (κ2) is 7.93. The van der Waals surface area contributed by atoms with Crippen LogP contribution in [-0.4, -0.2) is 23.3 Å². The number of pyridine rings is 1. The van der Waals surface area contributed by atoms with E-state index in [-0.39, 0.29) is 0 Å². The summed E-state index contributed by atoms with van der Waals surface area (Å²) in [6.45, 7) is 5.43. The van der Waals surface area contributed by atoms with Crippen molar-refractivity contribution in [1.82, 2.24) is 10.3 Å². The number of halogens is 1. The zero-order valence-electron chi connectivity index (χ0n) is 9.87. The van der Waals surface area contributed by atoms with E-state index in [1.807, 2.05) is 12.1 Å². The van der Waals surface area contributed by atoms with Gasteiger partial charge in [-0.25, -0.2) is 4.98 Å². The van der Waals surface area contributed by atoms with Crippen LogP contribution in [0.5, 0.6) is 0 Å². The lowest BCUT2D eigenvalue weighted by atomic mass is 10.3. The topological polar surface area (TPSA) is 24.9 Å². The zero-order chi connectivity index (χ0) is 11.8. The van der Waals surface area contributed by atoms with Crippen LogP contribution in [0.3, 0.4) is 0 Å². The number of nitrogens with one attached hydrogen (secondary N) is 1. The highest BCUT2D eigenvalue weighted by Gasteiger charge is 2.00. The largest absolute Gasteiger partial charge is 0.315 e. The van der Waals surface area contributed by atoms with E-state index in [2.05, 4.69) is 24.1 Å². The van der Waals surface area contributed by atoms with Crippen LogP contribution in [0.2, 0.25) is 5.02 Å². The summed E-state index contributed by atoms with van der Waals surface area (Å²) >= 11 is 7.75. The highest BCUT2D eigenvalue weighted by molar-refractivity contribution is 7.99. The fourth-order valence-electron chi connectivity index (χ4n) is 1.26. The van der Waals surface area contributed by atoms with Crippen molar-refractivity contribution in [1.29, 1.82) is 0 Å². The lowest BCUT2D eigenvalue weighted by molar-refractivity contribution is 0.567. The summed E-state index contributed by atoms with van der Waals surface area (Å²) in [6, 6.07) is 4.33. The minimum atomic E-state index is 0.581. The van der Waals surface area contributed by atoms with Crippen LogP contribution in [-0.2, 0) is 0 Å². The molecular weight excluding hydrogens is 240 g/mol. The van der Waals surface area contributed by atoms with Gasteiger partial charge in [0.1, 0.15) is 5.03 Å². The van der Waals surface area contributed by atoms with Crippen molar-refractivity contribution in [2.75, 3.05) is 12.3 Å². The predicted octanol–water partition coefficient (Wildman–Crippen LogP) is 3.61. The van der Waals surface area contributed by atoms with Crippen LogP contribution < -0.4 is 5.32 Å². The Morgan fingerprint density at radius 1 is 1.44 bits per heavy atom. The van der Waals surface area contributed by atoms with Crippen molar-refractivity contribution < 1.29 is 0 Å². The molecule has 0 aliphatic rings. The molecule has 0 aliphatic carbocycles. The van der Waals surface area contributed by atoms with Gasteiger partial charge < -0.3 is 5.32 Å². The summed E-state index contributed by atoms with van der Waals surface area (Å²) in [4.78, 5) is 4.24. The van der Waals surface area contributed by atoms with Crippen molar-refractivity contribution in [3.63, 3.8) is 0 Å². The first kappa shape index (κ1) is 13.8. The Hall–Kier alpha value is -0.250. The first-order chi connectivity index (χ1) is 7.70. The number of unbranched alkanes of at least 4 members (excludes halogenated alkanes) is 1. The maximum atomic E-state index is 6.01. The van der Waals surface area contributed by atoms with E-state index in [1.165, 1.54) is 12.8 Å². The molecule has 1 N–H and O–H groups in total. The molecule has 90 valence electrons. The Kier molecular flexibility index (Phi) is 6.85. The molecule has 0 saturated carbocycles. The molecule has 0 spiro atoms. The van der Waals surface area contributed by atoms with Crippen LogP contribution in [0.25, 0.3) is 0 Å². The number of hydrogen-bond donors (Lipinski definition) is 1. The van der Waals surface area contributed by atoms with E-state index in [9.17, 15) is 0 Å². The van der Waals surface area contributed by atoms with Gasteiger partial charge in [0.2, 0.25) is 0 Å². The second-order valence-electron chi connectivity index (χ2n) is 3.95. The average Bonchev–Trinajstić information content (AvgIpc) is 2.25. The molecule has 0 unspecified atom stereocenters. The second-order valence-corrected chi connectivity index (χ2v) is 5.45. The van der Waals surface area contributed by atoms with Crippen LogP contribution in [0, 0.1) is 0 Å². The van der Waals surface area contributed by atoms with Crippen LogP contribution in [0.1, 0.15) is 26.7 Å². The SMILES string of the molecule is CC(C)NCCCCSc1ncccc1Cl. The molecule has 4 heteroatoms. The molecule has 0 atom stereocenters. The van der Waals surface area contributed by atoms with Crippen molar-refractivity contribution in [3.05, 3.63) is 23.4 Å². The van der Waals surface area contributed by atoms with E-state index in [4.69, 9.17) is 11.6 Å². The molecule has 1 rings (SSSR count). The highest BCUT2D eigenvalue weighted by atomic mass is 35.5. The van der Waals surface area contributed by atoms with Gasteiger partial charge in [0.25, 0.3) is 0 Å². The molecule has 0 radical (unpaired) electrons. The molecule has 0 aromatic carbocycles. The normalized spacial score (nSPS) is 11.0. The lowest BCUT2D eigenvalue weighted by Crippen LogP contribution is -2.23. The molecular formula is C12H19ClN2S. The van der Waals surface area contributed by atoms with E-state index in [1.54, 1.807) is 18.0 Å². The van der Waals surface area contributed by atoms with E-state index >= 15 is 0 Å². The zero-order valence-corrected chi connectivity index (χ0v) is 11.4. The van der Waals surface area contributed by atoms with Crippen molar-refractivity contribution in [2.24, 2.45) is 0 Å². The highest BCUT2D eigenvalue weighted by Crippen LogP contribution is 2.24. The van der Waals surface area contributed by atoms with Gasteiger partial charge in [0.05, 0.1) is 5.02 Å². The summed E-state index contributed by atoms with van der Waals surface area (Å²) in [5, 5.41) is 5.11. The number of thioether (sulfide) groups is 1. The van der Waals surface area contributed by atoms with Crippen LogP contribution in [0.15, 0.2) is 23.4 Å². The fourth-order valence-corrected chi connectivity index (χ4v) is 2.43. The smallest absolute Gasteiger partial charge is 0.115 e. The first-order valence-electron chi connectivity index (χ1n) is 5.67. The number of aromatic nitrogens is 1. The van der Waals surface area contributed by atoms with E-state index in [0.29, 0.717) is 6.04 Å². The minimum absolute atomic E-state index is 0.581. The van der Waals surface area contributed by atoms with Gasteiger partial charge in [-0.2, -0.15) is 0 Å². The van der Waals surface area contributed by atoms with Crippen molar-refractivity contribution >= 4 is 23.4 Å². The fraction of sp³-hybridized carbons (Fsp3) is 0.583. The Balaban J connectivity index is 2.10. The number of hydrogen-bond acceptors (Lipinski definition) is 3. The molecule has 0 amide bonds. The Labute approximate surface area is 107 Å². The molecule has 0 bridgehead atoms. The monoisotopic (exact) mass is 258 g/mol. The maximum Gasteiger partial charge on any atom is 0.115 e. The van der Waals surface area contributed by atoms with E-state index in [0.717, 1.165) is 22.3 Å². The van der Waals surface area contributed by atoms with E-state index < -0.39 is 0 Å². The van der Waals surface area contributed by atoms with Gasteiger partial charge in [0.15, 0.2) is 0 Å². The Bertz CT molecular complexity index is 305. The van der Waals surface area contributed by atoms with Gasteiger partial charge in [-0.1, -0.05) is 25.4 Å². The third kappa shape index (κ3) is 5.73. The molecule has 16 heavy (non-hydrogen) atoms. The Morgan fingerprint density at radius 2 is 2.25 bits per heavy atom. The summed E-state index contributed by atoms with van der Waals surface area (Å²) < 4.78 is 0. The third-order valence-electron chi connectivity index (χ3n) is 2.09. The first-order valence-corrected chi connectivity index (χ1v) is 7.03. The summed E-state index contributed by atoms with van der Waals surface area (Å²) in [6.07, 6.45) is 4.18. The number of rotatable bonds is 7. The van der Waals surface area contributed by atoms with Gasteiger partial charge in [-0.05, 0) is 37.3 Å². The van der Waals surface area contributed by atoms with Gasteiger partial charge >= 0.3 is 0 Å². The standard InChI is InChI=1S/C12H19ClN2S/c1-10(2)14-7-3-4-9-16-12-11(13)6-5-8-15-12/h5-6,8,10,14H,3-4,7,9H2,1-2H3. The van der Waals surface area contributed by atoms with Gasteiger partial charge in [-0.15, -0.1) is 11.8 Å². The van der Waals surface area contributed by atoms with Crippen molar-refractivity contribution in [3.8, 4) is 0 Å². The summed E-state index contributed by atoms with van der Waals surface area (Å²) in [5.41, 5.74) is 0. The number of nitrogens with zero attached hydrogens (tertiary/aromatic N) is 1. The van der Waals surface area contributed by atoms with Gasteiger partial charge in [0, 0.05) is 12.2 Å². The summed E-state index contributed by atoms with van der Waals surface area (Å²) in [7, 11) is 0.